The summed E-state index contributed by atoms with van der Waals surface area (Å²) in [6.07, 6.45) is 5.46. The van der Waals surface area contributed by atoms with E-state index in [1.54, 1.807) is 19.4 Å². The zero-order valence-corrected chi connectivity index (χ0v) is 13.9. The number of nitrogens with zero attached hydrogens (tertiary/aromatic N) is 2. The number of hydrogen-bond donors (Lipinski definition) is 1. The van der Waals surface area contributed by atoms with E-state index in [1.165, 1.54) is 0 Å². The lowest BCUT2D eigenvalue weighted by Crippen LogP contribution is -2.49. The molecule has 0 aliphatic carbocycles. The van der Waals surface area contributed by atoms with Crippen LogP contribution >= 0.6 is 0 Å². The third-order valence-corrected chi connectivity index (χ3v) is 5.31. The summed E-state index contributed by atoms with van der Waals surface area (Å²) < 4.78 is 25.4. The molecule has 0 saturated heterocycles. The van der Waals surface area contributed by atoms with Gasteiger partial charge in [0.15, 0.2) is 9.84 Å². The minimum Gasteiger partial charge on any atom is -0.336 e. The first-order valence-electron chi connectivity index (χ1n) is 7.06. The topological polar surface area (TPSA) is 64.0 Å². The van der Waals surface area contributed by atoms with Gasteiger partial charge in [0.05, 0.1) is 12.1 Å². The molecular weight excluding hydrogens is 274 g/mol. The maximum Gasteiger partial charge on any atom is 0.151 e. The molecule has 1 aromatic heterocycles. The molecule has 6 heteroatoms. The second-order valence-corrected chi connectivity index (χ2v) is 8.84. The summed E-state index contributed by atoms with van der Waals surface area (Å²) >= 11 is 0. The molecule has 0 fully saturated rings. The van der Waals surface area contributed by atoms with Crippen LogP contribution in [0.2, 0.25) is 0 Å². The Balaban J connectivity index is 2.71. The highest BCUT2D eigenvalue weighted by atomic mass is 32.2. The van der Waals surface area contributed by atoms with Gasteiger partial charge in [0, 0.05) is 36.8 Å². The van der Waals surface area contributed by atoms with Crippen molar-refractivity contribution in [1.29, 1.82) is 0 Å². The Kier molecular flexibility index (Phi) is 5.77. The summed E-state index contributed by atoms with van der Waals surface area (Å²) in [7, 11) is -2.95. The fourth-order valence-electron chi connectivity index (χ4n) is 2.07. The molecule has 5 nitrogen and oxygen atoms in total. The van der Waals surface area contributed by atoms with Crippen molar-refractivity contribution < 1.29 is 8.42 Å². The van der Waals surface area contributed by atoms with Gasteiger partial charge in [-0.2, -0.15) is 0 Å². The highest BCUT2D eigenvalue weighted by molar-refractivity contribution is 7.91. The molecule has 116 valence electrons. The zero-order valence-electron chi connectivity index (χ0n) is 13.1. The lowest BCUT2D eigenvalue weighted by molar-refractivity contribution is 0.229. The molecule has 0 radical (unpaired) electrons. The Hall–Kier alpha value is -0.880. The van der Waals surface area contributed by atoms with Crippen LogP contribution in [0.4, 0.5) is 0 Å². The second kappa shape index (κ2) is 6.72. The van der Waals surface area contributed by atoms with Crippen molar-refractivity contribution >= 4 is 9.84 Å². The monoisotopic (exact) mass is 301 g/mol. The van der Waals surface area contributed by atoms with E-state index in [0.717, 1.165) is 6.54 Å². The molecule has 0 saturated carbocycles. The van der Waals surface area contributed by atoms with Crippen molar-refractivity contribution in [2.24, 2.45) is 5.41 Å². The van der Waals surface area contributed by atoms with Crippen LogP contribution < -0.4 is 5.32 Å². The molecule has 1 aromatic rings. The van der Waals surface area contributed by atoms with Crippen molar-refractivity contribution in [2.75, 3.05) is 11.5 Å². The van der Waals surface area contributed by atoms with Crippen LogP contribution in [0.3, 0.4) is 0 Å². The minimum atomic E-state index is -2.95. The molecule has 0 bridgehead atoms. The van der Waals surface area contributed by atoms with Gasteiger partial charge in [-0.25, -0.2) is 13.4 Å². The van der Waals surface area contributed by atoms with Crippen molar-refractivity contribution in [3.63, 3.8) is 0 Å². The van der Waals surface area contributed by atoms with Gasteiger partial charge in [-0.15, -0.1) is 0 Å². The molecule has 0 aliphatic heterocycles. The van der Waals surface area contributed by atoms with Gasteiger partial charge < -0.3 is 9.88 Å². The van der Waals surface area contributed by atoms with Crippen LogP contribution in [0.1, 0.15) is 34.6 Å². The van der Waals surface area contributed by atoms with Gasteiger partial charge >= 0.3 is 0 Å². The number of nitrogens with one attached hydrogen (secondary N) is 1. The van der Waals surface area contributed by atoms with Crippen molar-refractivity contribution in [3.8, 4) is 0 Å². The lowest BCUT2D eigenvalue weighted by Gasteiger charge is -2.34. The summed E-state index contributed by atoms with van der Waals surface area (Å²) in [5, 5.41) is 3.46. The summed E-state index contributed by atoms with van der Waals surface area (Å²) in [4.78, 5) is 4.05. The Morgan fingerprint density at radius 3 is 2.45 bits per heavy atom. The number of imidazole rings is 1. The normalized spacial score (nSPS) is 16.1. The van der Waals surface area contributed by atoms with Crippen LogP contribution in [-0.4, -0.2) is 41.6 Å². The van der Waals surface area contributed by atoms with E-state index in [0.29, 0.717) is 0 Å². The van der Waals surface area contributed by atoms with E-state index >= 15 is 0 Å². The Labute approximate surface area is 122 Å². The molecule has 0 amide bonds. The predicted octanol–water partition coefficient (Wildman–Crippen LogP) is 1.71. The first kappa shape index (κ1) is 17.2. The van der Waals surface area contributed by atoms with Crippen LogP contribution in [0.15, 0.2) is 18.7 Å². The van der Waals surface area contributed by atoms with E-state index in [2.05, 4.69) is 31.1 Å². The van der Waals surface area contributed by atoms with E-state index < -0.39 is 9.84 Å². The minimum absolute atomic E-state index is 0.0362. The molecular formula is C14H27N3O2S. The van der Waals surface area contributed by atoms with Crippen LogP contribution in [0, 0.1) is 5.41 Å². The third-order valence-electron chi connectivity index (χ3n) is 3.43. The molecule has 0 aliphatic rings. The van der Waals surface area contributed by atoms with Crippen molar-refractivity contribution in [3.05, 3.63) is 18.7 Å². The molecule has 1 heterocycles. The summed E-state index contributed by atoms with van der Waals surface area (Å²) in [5.74, 6) is 0.376. The predicted molar refractivity (Wildman–Crippen MR) is 82.4 cm³/mol. The van der Waals surface area contributed by atoms with Crippen LogP contribution in [-0.2, 0) is 16.4 Å². The third kappa shape index (κ3) is 5.63. The average Bonchev–Trinajstić information content (AvgIpc) is 2.79. The second-order valence-electron chi connectivity index (χ2n) is 6.44. The largest absolute Gasteiger partial charge is 0.336 e. The molecule has 1 N–H and O–H groups in total. The first-order chi connectivity index (χ1) is 9.14. The fraction of sp³-hybridized carbons (Fsp3) is 0.786. The van der Waals surface area contributed by atoms with E-state index in [4.69, 9.17) is 0 Å². The van der Waals surface area contributed by atoms with Gasteiger partial charge in [0.25, 0.3) is 0 Å². The fourth-order valence-corrected chi connectivity index (χ4v) is 3.17. The summed E-state index contributed by atoms with van der Waals surface area (Å²) in [5.41, 5.74) is 0.0362. The Bertz CT molecular complexity index is 489. The van der Waals surface area contributed by atoms with Gasteiger partial charge in [0.1, 0.15) is 0 Å². The molecule has 1 rings (SSSR count). The zero-order chi connectivity index (χ0) is 15.4. The van der Waals surface area contributed by atoms with Gasteiger partial charge in [0.2, 0.25) is 0 Å². The smallest absolute Gasteiger partial charge is 0.151 e. The van der Waals surface area contributed by atoms with E-state index in [9.17, 15) is 8.42 Å². The molecule has 0 spiro atoms. The van der Waals surface area contributed by atoms with Gasteiger partial charge in [-0.05, 0) is 12.3 Å². The summed E-state index contributed by atoms with van der Waals surface area (Å²) in [6, 6.07) is 0.117. The maximum atomic E-state index is 11.7. The number of hydrogen-bond acceptors (Lipinski definition) is 4. The van der Waals surface area contributed by atoms with Gasteiger partial charge in [-0.3, -0.25) is 0 Å². The Morgan fingerprint density at radius 2 is 2.00 bits per heavy atom. The number of rotatable bonds is 7. The first-order valence-corrected chi connectivity index (χ1v) is 8.88. The van der Waals surface area contributed by atoms with Gasteiger partial charge in [-0.1, -0.05) is 27.7 Å². The number of sulfone groups is 1. The highest BCUT2D eigenvalue weighted by Crippen LogP contribution is 2.21. The number of aromatic nitrogens is 2. The standard InChI is InChI=1S/C14H27N3O2S/c1-6-20(18,19)10-12(2)16-13(14(3,4)5)9-17-8-7-15-11-17/h7-8,11-13,16H,6,9-10H2,1-5H3. The summed E-state index contributed by atoms with van der Waals surface area (Å²) in [6.45, 7) is 10.9. The lowest BCUT2D eigenvalue weighted by atomic mass is 9.86. The SMILES string of the molecule is CCS(=O)(=O)CC(C)NC(Cn1ccnc1)C(C)(C)C. The Morgan fingerprint density at radius 1 is 1.35 bits per heavy atom. The molecule has 2 unspecified atom stereocenters. The highest BCUT2D eigenvalue weighted by Gasteiger charge is 2.27. The molecule has 20 heavy (non-hydrogen) atoms. The van der Waals surface area contributed by atoms with Crippen molar-refractivity contribution in [1.82, 2.24) is 14.9 Å². The van der Waals surface area contributed by atoms with E-state index in [1.807, 2.05) is 17.7 Å². The quantitative estimate of drug-likeness (QED) is 0.833. The molecule has 2 atom stereocenters. The van der Waals surface area contributed by atoms with Crippen LogP contribution in [0.25, 0.3) is 0 Å². The molecule has 0 aromatic carbocycles. The van der Waals surface area contributed by atoms with E-state index in [-0.39, 0.29) is 29.0 Å². The maximum absolute atomic E-state index is 11.7. The van der Waals surface area contributed by atoms with Crippen LogP contribution in [0.5, 0.6) is 0 Å². The average molecular weight is 301 g/mol. The van der Waals surface area contributed by atoms with Crippen molar-refractivity contribution in [2.45, 2.75) is 53.2 Å².